The van der Waals surface area contributed by atoms with E-state index in [1.165, 1.54) is 12.5 Å². The highest BCUT2D eigenvalue weighted by molar-refractivity contribution is 5.66. The van der Waals surface area contributed by atoms with Gasteiger partial charge in [-0.1, -0.05) is 26.8 Å². The Bertz CT molecular complexity index is 763. The maximum absolute atomic E-state index is 11.6. The van der Waals surface area contributed by atoms with Crippen molar-refractivity contribution in [2.24, 2.45) is 28.6 Å². The summed E-state index contributed by atoms with van der Waals surface area (Å²) in [6.07, 6.45) is 11.1. The van der Waals surface area contributed by atoms with Gasteiger partial charge in [0, 0.05) is 30.6 Å². The van der Waals surface area contributed by atoms with Crippen LogP contribution in [0.1, 0.15) is 79.1 Å². The Labute approximate surface area is 173 Å². The summed E-state index contributed by atoms with van der Waals surface area (Å²) in [6, 6.07) is 0. The van der Waals surface area contributed by atoms with Gasteiger partial charge in [-0.2, -0.15) is 0 Å². The van der Waals surface area contributed by atoms with Gasteiger partial charge >= 0.3 is 5.97 Å². The first-order valence-corrected chi connectivity index (χ1v) is 11.4. The smallest absolute Gasteiger partial charge is 0.302 e. The van der Waals surface area contributed by atoms with Crippen LogP contribution in [0.5, 0.6) is 0 Å². The molecule has 0 N–H and O–H groups in total. The lowest BCUT2D eigenvalue weighted by Crippen LogP contribution is -2.71. The van der Waals surface area contributed by atoms with Gasteiger partial charge < -0.3 is 9.53 Å². The van der Waals surface area contributed by atoms with Crippen LogP contribution in [0, 0.1) is 28.6 Å². The molecule has 2 heterocycles. The van der Waals surface area contributed by atoms with Gasteiger partial charge in [0.05, 0.1) is 0 Å². The van der Waals surface area contributed by atoms with Crippen molar-refractivity contribution in [1.82, 2.24) is 0 Å². The van der Waals surface area contributed by atoms with E-state index >= 15 is 0 Å². The number of carbonyl (C=O) groups is 2. The van der Waals surface area contributed by atoms with E-state index in [2.05, 4.69) is 26.8 Å². The molecule has 0 amide bonds. The zero-order valence-corrected chi connectivity index (χ0v) is 18.2. The van der Waals surface area contributed by atoms with Crippen LogP contribution < -0.4 is 0 Å². The first kappa shape index (κ1) is 19.7. The van der Waals surface area contributed by atoms with Gasteiger partial charge in [0.2, 0.25) is 0 Å². The Kier molecular flexibility index (Phi) is 4.20. The summed E-state index contributed by atoms with van der Waals surface area (Å²) in [5, 5.41) is 0. The van der Waals surface area contributed by atoms with Crippen LogP contribution in [-0.2, 0) is 24.1 Å². The fraction of sp³-hybridized carbons (Fsp3) is 0.833. The van der Waals surface area contributed by atoms with Gasteiger partial charge in [-0.05, 0) is 61.9 Å². The van der Waals surface area contributed by atoms with Crippen molar-refractivity contribution < 1.29 is 24.1 Å². The molecule has 4 aliphatic carbocycles. The molecular formula is C24H34O5. The summed E-state index contributed by atoms with van der Waals surface area (Å²) in [5.41, 5.74) is 0.687. The molecule has 8 unspecified atom stereocenters. The molecule has 2 spiro atoms. The second kappa shape index (κ2) is 6.16. The summed E-state index contributed by atoms with van der Waals surface area (Å²) < 4.78 is 5.57. The third kappa shape index (κ3) is 2.35. The second-order valence-corrected chi connectivity index (χ2v) is 10.9. The fourth-order valence-electron chi connectivity index (χ4n) is 8.29. The predicted molar refractivity (Wildman–Crippen MR) is 107 cm³/mol. The number of aldehydes is 1. The minimum absolute atomic E-state index is 0.0736. The van der Waals surface area contributed by atoms with E-state index in [1.54, 1.807) is 0 Å². The van der Waals surface area contributed by atoms with E-state index in [-0.39, 0.29) is 34.4 Å². The van der Waals surface area contributed by atoms with Crippen LogP contribution >= 0.6 is 0 Å². The lowest BCUT2D eigenvalue weighted by Gasteiger charge is -2.69. The Morgan fingerprint density at radius 1 is 1.21 bits per heavy atom. The van der Waals surface area contributed by atoms with Gasteiger partial charge in [-0.25, -0.2) is 9.78 Å². The van der Waals surface area contributed by atoms with Crippen molar-refractivity contribution in [3.8, 4) is 0 Å². The fourth-order valence-corrected chi connectivity index (χ4v) is 8.29. The van der Waals surface area contributed by atoms with Crippen LogP contribution in [-0.4, -0.2) is 29.6 Å². The van der Waals surface area contributed by atoms with E-state index in [9.17, 15) is 9.59 Å². The maximum Gasteiger partial charge on any atom is 0.302 e. The Morgan fingerprint density at radius 2 is 2.00 bits per heavy atom. The van der Waals surface area contributed by atoms with E-state index in [4.69, 9.17) is 14.5 Å². The van der Waals surface area contributed by atoms with Crippen molar-refractivity contribution in [3.05, 3.63) is 11.6 Å². The topological polar surface area (TPSA) is 61.8 Å². The molecule has 6 aliphatic rings. The van der Waals surface area contributed by atoms with Gasteiger partial charge in [-0.3, -0.25) is 4.79 Å². The van der Waals surface area contributed by atoms with Crippen molar-refractivity contribution in [3.63, 3.8) is 0 Å². The zero-order valence-electron chi connectivity index (χ0n) is 18.2. The first-order valence-electron chi connectivity index (χ1n) is 11.4. The molecule has 160 valence electrons. The van der Waals surface area contributed by atoms with Gasteiger partial charge in [0.15, 0.2) is 0 Å². The summed E-state index contributed by atoms with van der Waals surface area (Å²) in [5.74, 6) is 0.662. The monoisotopic (exact) mass is 402 g/mol. The third-order valence-electron chi connectivity index (χ3n) is 9.73. The lowest BCUT2D eigenvalue weighted by molar-refractivity contribution is -0.494. The highest BCUT2D eigenvalue weighted by atomic mass is 17.2. The number of allylic oxidation sites excluding steroid dienone is 1. The molecule has 3 saturated carbocycles. The van der Waals surface area contributed by atoms with Gasteiger partial charge in [0.25, 0.3) is 0 Å². The molecule has 29 heavy (non-hydrogen) atoms. The van der Waals surface area contributed by atoms with E-state index < -0.39 is 5.60 Å². The quantitative estimate of drug-likeness (QED) is 0.300. The molecule has 5 fully saturated rings. The number of rotatable bonds is 3. The van der Waals surface area contributed by atoms with E-state index in [1.807, 2.05) is 0 Å². The summed E-state index contributed by atoms with van der Waals surface area (Å²) >= 11 is 0. The predicted octanol–water partition coefficient (Wildman–Crippen LogP) is 4.54. The van der Waals surface area contributed by atoms with Crippen molar-refractivity contribution in [2.45, 2.75) is 96.4 Å². The summed E-state index contributed by atoms with van der Waals surface area (Å²) in [6.45, 7) is 8.28. The van der Waals surface area contributed by atoms with Crippen LogP contribution in [0.2, 0.25) is 0 Å². The molecule has 0 aromatic rings. The molecule has 0 radical (unpaired) electrons. The van der Waals surface area contributed by atoms with Crippen LogP contribution in [0.15, 0.2) is 11.6 Å². The standard InChI is InChI=1S/C24H34O5/c1-15(14-25)18-5-6-19-21(18,3)9-8-20-22(4)10-7-17(27-16(2)26)13-23(22)11-12-24(19,20)29-28-23/h8,14-15,17-19H,5-7,9-13H2,1-4H3. The zero-order chi connectivity index (χ0) is 20.7. The number of hydrogen-bond acceptors (Lipinski definition) is 5. The molecule has 0 aromatic carbocycles. The van der Waals surface area contributed by atoms with Crippen molar-refractivity contribution in [1.29, 1.82) is 0 Å². The van der Waals surface area contributed by atoms with Crippen LogP contribution in [0.3, 0.4) is 0 Å². The van der Waals surface area contributed by atoms with E-state index in [0.29, 0.717) is 18.3 Å². The number of esters is 1. The average Bonchev–Trinajstić information content (AvgIpc) is 3.05. The minimum Gasteiger partial charge on any atom is -0.462 e. The third-order valence-corrected chi connectivity index (χ3v) is 9.73. The minimum atomic E-state index is -0.402. The van der Waals surface area contributed by atoms with Gasteiger partial charge in [-0.15, -0.1) is 0 Å². The van der Waals surface area contributed by atoms with Crippen molar-refractivity contribution >= 4 is 12.3 Å². The van der Waals surface area contributed by atoms with Crippen LogP contribution in [0.4, 0.5) is 0 Å². The molecule has 2 bridgehead atoms. The SMILES string of the molecule is CC(=O)OC1CCC2(C)C3=CCC4(C)C(C(C)C=O)CCC4C34CCC2(C1)OO4. The number of carbonyl (C=O) groups excluding carboxylic acids is 2. The molecule has 5 heteroatoms. The molecule has 5 nitrogen and oxygen atoms in total. The Morgan fingerprint density at radius 3 is 2.66 bits per heavy atom. The second-order valence-electron chi connectivity index (χ2n) is 10.9. The average molecular weight is 403 g/mol. The first-order chi connectivity index (χ1) is 13.7. The highest BCUT2D eigenvalue weighted by Gasteiger charge is 2.73. The molecular weight excluding hydrogens is 368 g/mol. The number of ether oxygens (including phenoxy) is 1. The summed E-state index contributed by atoms with van der Waals surface area (Å²) in [7, 11) is 0. The molecule has 2 aliphatic heterocycles. The Balaban J connectivity index is 1.52. The van der Waals surface area contributed by atoms with Gasteiger partial charge in [0.1, 0.15) is 23.6 Å². The molecule has 8 atom stereocenters. The largest absolute Gasteiger partial charge is 0.462 e. The molecule has 2 saturated heterocycles. The molecule has 6 rings (SSSR count). The number of hydrogen-bond donors (Lipinski definition) is 0. The van der Waals surface area contributed by atoms with E-state index in [0.717, 1.165) is 51.2 Å². The maximum atomic E-state index is 11.6. The molecule has 0 aromatic heterocycles. The van der Waals surface area contributed by atoms with Crippen LogP contribution in [0.25, 0.3) is 0 Å². The normalized spacial score (nSPS) is 51.3. The lowest BCUT2D eigenvalue weighted by atomic mass is 9.44. The Hall–Kier alpha value is -1.20. The summed E-state index contributed by atoms with van der Waals surface area (Å²) in [4.78, 5) is 35.8. The highest BCUT2D eigenvalue weighted by Crippen LogP contribution is 2.73. The number of fused-ring (bicyclic) bond motifs is 3. The van der Waals surface area contributed by atoms with Crippen molar-refractivity contribution in [2.75, 3.05) is 0 Å².